The summed E-state index contributed by atoms with van der Waals surface area (Å²) >= 11 is 0. The number of carbonyl (C=O) groups excluding carboxylic acids is 1. The van der Waals surface area contributed by atoms with Crippen LogP contribution in [0.4, 0.5) is 14.6 Å². The van der Waals surface area contributed by atoms with Gasteiger partial charge in [0.15, 0.2) is 0 Å². The molecule has 2 heterocycles. The number of benzene rings is 2. The summed E-state index contributed by atoms with van der Waals surface area (Å²) in [6, 6.07) is 11.6. The molecule has 0 aliphatic heterocycles. The second-order valence-corrected chi connectivity index (χ2v) is 6.91. The number of aromatic amines is 1. The molecule has 0 radical (unpaired) electrons. The van der Waals surface area contributed by atoms with E-state index in [2.05, 4.69) is 20.3 Å². The number of aromatic nitrogens is 4. The van der Waals surface area contributed by atoms with E-state index in [1.54, 1.807) is 34.9 Å². The second kappa shape index (κ2) is 8.76. The van der Waals surface area contributed by atoms with Gasteiger partial charge in [-0.3, -0.25) is 14.8 Å². The predicted molar refractivity (Wildman–Crippen MR) is 118 cm³/mol. The number of halogens is 2. The van der Waals surface area contributed by atoms with Gasteiger partial charge in [0.25, 0.3) is 0 Å². The quantitative estimate of drug-likeness (QED) is 0.389. The predicted octanol–water partition coefficient (Wildman–Crippen LogP) is 4.58. The molecule has 0 aliphatic rings. The minimum Gasteiger partial charge on any atom is -0.325 e. The van der Waals surface area contributed by atoms with Crippen LogP contribution in [0.25, 0.3) is 23.0 Å². The van der Waals surface area contributed by atoms with Crippen LogP contribution in [-0.2, 0) is 4.79 Å². The van der Waals surface area contributed by atoms with Crippen LogP contribution in [0.15, 0.2) is 67.1 Å². The molecule has 3 N–H and O–H groups in total. The number of allylic oxidation sites excluding steroid dienone is 1. The molecule has 0 fully saturated rings. The fourth-order valence-electron chi connectivity index (χ4n) is 3.14. The first-order chi connectivity index (χ1) is 15.4. The van der Waals surface area contributed by atoms with Gasteiger partial charge in [-0.25, -0.2) is 18.7 Å². The maximum absolute atomic E-state index is 13.4. The Balaban J connectivity index is 1.72. The van der Waals surface area contributed by atoms with E-state index >= 15 is 0 Å². The number of rotatable bonds is 6. The number of anilines is 1. The van der Waals surface area contributed by atoms with Crippen molar-refractivity contribution >= 4 is 23.5 Å². The number of carbonyl (C=O) groups is 1. The van der Waals surface area contributed by atoms with Crippen LogP contribution in [0.1, 0.15) is 18.4 Å². The van der Waals surface area contributed by atoms with E-state index < -0.39 is 0 Å². The molecule has 9 heteroatoms. The van der Waals surface area contributed by atoms with Gasteiger partial charge in [-0.15, -0.1) is 0 Å². The molecule has 0 atom stereocenters. The minimum absolute atomic E-state index is 0.101. The fraction of sp³-hybridized carbons (Fsp3) is 0.0435. The zero-order chi connectivity index (χ0) is 22.7. The van der Waals surface area contributed by atoms with Crippen LogP contribution in [0.2, 0.25) is 0 Å². The summed E-state index contributed by atoms with van der Waals surface area (Å²) in [7, 11) is 0. The zero-order valence-corrected chi connectivity index (χ0v) is 16.9. The summed E-state index contributed by atoms with van der Waals surface area (Å²) in [5, 5.41) is 11.3. The molecule has 0 saturated carbocycles. The largest absolute Gasteiger partial charge is 0.325 e. The lowest BCUT2D eigenvalue weighted by Gasteiger charge is -2.10. The molecule has 2 aromatic carbocycles. The summed E-state index contributed by atoms with van der Waals surface area (Å²) in [6.45, 7) is 1.39. The first-order valence-corrected chi connectivity index (χ1v) is 9.59. The molecule has 2 aromatic heterocycles. The van der Waals surface area contributed by atoms with Crippen LogP contribution >= 0.6 is 0 Å². The number of nitrogens with zero attached hydrogens (tertiary/aromatic N) is 3. The lowest BCUT2D eigenvalue weighted by atomic mass is 10.1. The summed E-state index contributed by atoms with van der Waals surface area (Å²) in [5.41, 5.74) is 2.26. The third-order valence-electron chi connectivity index (χ3n) is 4.56. The van der Waals surface area contributed by atoms with Gasteiger partial charge < -0.3 is 10.3 Å². The van der Waals surface area contributed by atoms with Crippen molar-refractivity contribution < 1.29 is 13.6 Å². The molecule has 4 aromatic rings. The first kappa shape index (κ1) is 20.9. The second-order valence-electron chi connectivity index (χ2n) is 6.91. The molecule has 160 valence electrons. The monoisotopic (exact) mass is 432 g/mol. The number of H-pyrrole nitrogens is 1. The number of hydrogen-bond donors (Lipinski definition) is 3. The third kappa shape index (κ3) is 4.51. The number of hydrogen-bond acceptors (Lipinski definition) is 4. The molecular formula is C23H18F2N6O. The van der Waals surface area contributed by atoms with Crippen molar-refractivity contribution in [3.8, 4) is 16.9 Å². The normalized spacial score (nSPS) is 11.1. The van der Waals surface area contributed by atoms with Crippen LogP contribution in [0.5, 0.6) is 0 Å². The lowest BCUT2D eigenvalue weighted by Crippen LogP contribution is -2.07. The Bertz CT molecular complexity index is 1240. The van der Waals surface area contributed by atoms with Gasteiger partial charge in [0.1, 0.15) is 29.6 Å². The highest BCUT2D eigenvalue weighted by Gasteiger charge is 2.17. The lowest BCUT2D eigenvalue weighted by molar-refractivity contribution is -0.114. The maximum Gasteiger partial charge on any atom is 0.222 e. The van der Waals surface area contributed by atoms with Gasteiger partial charge in [-0.05, 0) is 60.7 Å². The number of nitrogens with one attached hydrogen (secondary N) is 3. The highest BCUT2D eigenvalue weighted by Crippen LogP contribution is 2.26. The molecule has 0 spiro atoms. The summed E-state index contributed by atoms with van der Waals surface area (Å²) in [4.78, 5) is 22.7. The van der Waals surface area contributed by atoms with Gasteiger partial charge in [0.2, 0.25) is 5.91 Å². The van der Waals surface area contributed by atoms with Crippen LogP contribution in [0.3, 0.4) is 0 Å². The van der Waals surface area contributed by atoms with Gasteiger partial charge in [0.05, 0.1) is 23.3 Å². The first-order valence-electron chi connectivity index (χ1n) is 9.59. The smallest absolute Gasteiger partial charge is 0.222 e. The topological polar surface area (TPSA) is 99.4 Å². The Kier molecular flexibility index (Phi) is 5.71. The Morgan fingerprint density at radius 2 is 1.72 bits per heavy atom. The van der Waals surface area contributed by atoms with Crippen LogP contribution in [0, 0.1) is 17.0 Å². The van der Waals surface area contributed by atoms with Gasteiger partial charge in [0, 0.05) is 18.2 Å². The highest BCUT2D eigenvalue weighted by atomic mass is 19.1. The van der Waals surface area contributed by atoms with E-state index in [0.29, 0.717) is 34.3 Å². The SMILES string of the molecule is CC(=O)Nc1cnc(/C=C\C(=N)c2c(-c3ccc(F)cc3)ncn2-c2ccc(F)cc2)[nH]1. The molecule has 0 unspecified atom stereocenters. The Morgan fingerprint density at radius 3 is 2.38 bits per heavy atom. The molecule has 0 aliphatic carbocycles. The molecular weight excluding hydrogens is 414 g/mol. The van der Waals surface area contributed by atoms with E-state index in [1.165, 1.54) is 49.8 Å². The van der Waals surface area contributed by atoms with Crippen LogP contribution in [-0.4, -0.2) is 31.1 Å². The van der Waals surface area contributed by atoms with Crippen molar-refractivity contribution in [1.29, 1.82) is 5.41 Å². The van der Waals surface area contributed by atoms with Crippen molar-refractivity contribution in [2.24, 2.45) is 0 Å². The van der Waals surface area contributed by atoms with Crippen molar-refractivity contribution in [3.63, 3.8) is 0 Å². The molecule has 32 heavy (non-hydrogen) atoms. The van der Waals surface area contributed by atoms with Crippen molar-refractivity contribution in [2.45, 2.75) is 6.92 Å². The molecule has 7 nitrogen and oxygen atoms in total. The Morgan fingerprint density at radius 1 is 1.06 bits per heavy atom. The fourth-order valence-corrected chi connectivity index (χ4v) is 3.14. The minimum atomic E-state index is -0.379. The van der Waals surface area contributed by atoms with Gasteiger partial charge in [-0.1, -0.05) is 0 Å². The average Bonchev–Trinajstić information content (AvgIpc) is 3.40. The molecule has 1 amide bonds. The van der Waals surface area contributed by atoms with Crippen molar-refractivity contribution in [1.82, 2.24) is 19.5 Å². The Labute approximate surface area is 182 Å². The third-order valence-corrected chi connectivity index (χ3v) is 4.56. The molecule has 0 bridgehead atoms. The number of amides is 1. The average molecular weight is 432 g/mol. The van der Waals surface area contributed by atoms with E-state index in [0.717, 1.165) is 0 Å². The van der Waals surface area contributed by atoms with Crippen molar-refractivity contribution in [2.75, 3.05) is 5.32 Å². The Hall–Kier alpha value is -4.40. The molecule has 0 saturated heterocycles. The van der Waals surface area contributed by atoms with E-state index in [4.69, 9.17) is 5.41 Å². The summed E-state index contributed by atoms with van der Waals surface area (Å²) in [6.07, 6.45) is 6.12. The summed E-state index contributed by atoms with van der Waals surface area (Å²) in [5.74, 6) is -0.112. The number of imidazole rings is 2. The van der Waals surface area contributed by atoms with E-state index in [-0.39, 0.29) is 23.3 Å². The standard InChI is InChI=1S/C23H18F2N6O/c1-14(32)29-21-12-27-20(30-21)11-10-19(26)23-22(15-2-4-16(24)5-3-15)28-13-31(23)18-8-6-17(25)7-9-18/h2-13,26H,1H3,(H,27,30)(H,29,32)/b11-10-,26-19?. The van der Waals surface area contributed by atoms with Gasteiger partial charge >= 0.3 is 0 Å². The van der Waals surface area contributed by atoms with E-state index in [1.807, 2.05) is 0 Å². The highest BCUT2D eigenvalue weighted by molar-refractivity contribution is 6.11. The zero-order valence-electron chi connectivity index (χ0n) is 16.9. The van der Waals surface area contributed by atoms with Crippen molar-refractivity contribution in [3.05, 3.63) is 90.3 Å². The maximum atomic E-state index is 13.4. The van der Waals surface area contributed by atoms with E-state index in [9.17, 15) is 13.6 Å². The molecule has 4 rings (SSSR count). The van der Waals surface area contributed by atoms with Crippen LogP contribution < -0.4 is 5.32 Å². The summed E-state index contributed by atoms with van der Waals surface area (Å²) < 4.78 is 28.5. The van der Waals surface area contributed by atoms with Gasteiger partial charge in [-0.2, -0.15) is 0 Å².